The molecule has 1 saturated heterocycles. The fraction of sp³-hybridized carbons (Fsp3) is 0.462. The highest BCUT2D eigenvalue weighted by Crippen LogP contribution is 2.23. The van der Waals surface area contributed by atoms with Crippen molar-refractivity contribution >= 4 is 22.9 Å². The van der Waals surface area contributed by atoms with Crippen LogP contribution in [0.2, 0.25) is 4.34 Å². The molecule has 1 aliphatic heterocycles. The Morgan fingerprint density at radius 1 is 1.53 bits per heavy atom. The Bertz CT molecular complexity index is 533. The molecule has 102 valence electrons. The maximum atomic E-state index is 5.95. The van der Waals surface area contributed by atoms with Gasteiger partial charge in [0.15, 0.2) is 0 Å². The van der Waals surface area contributed by atoms with Gasteiger partial charge in [-0.2, -0.15) is 0 Å². The minimum Gasteiger partial charge on any atom is -0.369 e. The normalized spacial score (nSPS) is 19.7. The first-order valence-electron chi connectivity index (χ1n) is 6.39. The molecule has 0 bridgehead atoms. The first-order chi connectivity index (χ1) is 9.33. The summed E-state index contributed by atoms with van der Waals surface area (Å²) in [5, 5.41) is 3.35. The second kappa shape index (κ2) is 6.05. The van der Waals surface area contributed by atoms with Crippen molar-refractivity contribution in [1.82, 2.24) is 14.9 Å². The van der Waals surface area contributed by atoms with Gasteiger partial charge >= 0.3 is 0 Å². The summed E-state index contributed by atoms with van der Waals surface area (Å²) in [5.41, 5.74) is 1.15. The van der Waals surface area contributed by atoms with Crippen molar-refractivity contribution in [3.63, 3.8) is 0 Å². The maximum Gasteiger partial charge on any atom is 0.111 e. The topological polar surface area (TPSA) is 39.1 Å². The molecule has 0 aliphatic carbocycles. The average Bonchev–Trinajstić information content (AvgIpc) is 3.06. The van der Waals surface area contributed by atoms with Crippen LogP contribution in [0.25, 0.3) is 0 Å². The number of aromatic nitrogens is 2. The predicted molar refractivity (Wildman–Crippen MR) is 76.8 cm³/mol. The summed E-state index contributed by atoms with van der Waals surface area (Å²) in [6.45, 7) is 3.46. The lowest BCUT2D eigenvalue weighted by molar-refractivity contribution is 0.0228. The van der Waals surface area contributed by atoms with Crippen LogP contribution >= 0.6 is 22.9 Å². The van der Waals surface area contributed by atoms with Gasteiger partial charge in [-0.1, -0.05) is 11.6 Å². The van der Waals surface area contributed by atoms with Crippen molar-refractivity contribution < 1.29 is 4.74 Å². The second-order valence-electron chi connectivity index (χ2n) is 4.53. The van der Waals surface area contributed by atoms with E-state index in [2.05, 4.69) is 20.9 Å². The number of imidazole rings is 1. The third-order valence-corrected chi connectivity index (χ3v) is 4.52. The summed E-state index contributed by atoms with van der Waals surface area (Å²) in [5.74, 6) is 0. The highest BCUT2D eigenvalue weighted by atomic mass is 35.5. The Kier molecular flexibility index (Phi) is 4.18. The van der Waals surface area contributed by atoms with Crippen LogP contribution in [0.5, 0.6) is 0 Å². The quantitative estimate of drug-likeness (QED) is 0.942. The highest BCUT2D eigenvalue weighted by molar-refractivity contribution is 7.16. The fourth-order valence-electron chi connectivity index (χ4n) is 2.26. The lowest BCUT2D eigenvalue weighted by atomic mass is 10.2. The molecule has 19 heavy (non-hydrogen) atoms. The molecule has 0 radical (unpaired) electrons. The summed E-state index contributed by atoms with van der Waals surface area (Å²) in [7, 11) is 0. The Balaban J connectivity index is 1.66. The van der Waals surface area contributed by atoms with E-state index in [0.717, 1.165) is 42.7 Å². The van der Waals surface area contributed by atoms with Crippen LogP contribution in [0.3, 0.4) is 0 Å². The lowest BCUT2D eigenvalue weighted by Gasteiger charge is -2.24. The monoisotopic (exact) mass is 297 g/mol. The summed E-state index contributed by atoms with van der Waals surface area (Å²) in [6.07, 6.45) is 4.87. The summed E-state index contributed by atoms with van der Waals surface area (Å²) >= 11 is 7.58. The van der Waals surface area contributed by atoms with Crippen molar-refractivity contribution in [3.05, 3.63) is 39.6 Å². The van der Waals surface area contributed by atoms with Crippen LogP contribution in [-0.4, -0.2) is 29.2 Å². The summed E-state index contributed by atoms with van der Waals surface area (Å²) in [6, 6.07) is 4.03. The van der Waals surface area contributed by atoms with Crippen LogP contribution in [0.15, 0.2) is 24.7 Å². The van der Waals surface area contributed by atoms with Gasteiger partial charge in [-0.25, -0.2) is 4.98 Å². The van der Waals surface area contributed by atoms with Crippen LogP contribution in [0, 0.1) is 0 Å². The maximum absolute atomic E-state index is 5.95. The van der Waals surface area contributed by atoms with E-state index in [9.17, 15) is 0 Å². The largest absolute Gasteiger partial charge is 0.369 e. The molecule has 0 amide bonds. The van der Waals surface area contributed by atoms with Gasteiger partial charge in [0.2, 0.25) is 0 Å². The van der Waals surface area contributed by atoms with E-state index < -0.39 is 0 Å². The molecule has 1 aliphatic rings. The van der Waals surface area contributed by atoms with E-state index in [0.29, 0.717) is 0 Å². The van der Waals surface area contributed by atoms with Crippen molar-refractivity contribution in [3.8, 4) is 0 Å². The molecule has 2 aromatic heterocycles. The number of nitrogens with one attached hydrogen (secondary N) is 1. The Morgan fingerprint density at radius 2 is 2.47 bits per heavy atom. The predicted octanol–water partition coefficient (Wildman–Crippen LogP) is 2.50. The molecule has 6 heteroatoms. The lowest BCUT2D eigenvalue weighted by Crippen LogP contribution is -2.34. The smallest absolute Gasteiger partial charge is 0.111 e. The molecule has 0 spiro atoms. The van der Waals surface area contributed by atoms with Crippen molar-refractivity contribution in [1.29, 1.82) is 0 Å². The SMILES string of the molecule is Clc1ccc(CCn2cncc2C2CNCCO2)s1. The third-order valence-electron chi connectivity index (χ3n) is 3.23. The van der Waals surface area contributed by atoms with Gasteiger partial charge in [0.25, 0.3) is 0 Å². The van der Waals surface area contributed by atoms with Crippen LogP contribution in [0.4, 0.5) is 0 Å². The molecule has 3 rings (SSSR count). The van der Waals surface area contributed by atoms with Crippen LogP contribution < -0.4 is 5.32 Å². The zero-order valence-electron chi connectivity index (χ0n) is 10.5. The molecule has 1 N–H and O–H groups in total. The van der Waals surface area contributed by atoms with Gasteiger partial charge in [0.1, 0.15) is 6.10 Å². The minimum absolute atomic E-state index is 0.114. The van der Waals surface area contributed by atoms with E-state index in [1.54, 1.807) is 11.3 Å². The van der Waals surface area contributed by atoms with E-state index in [1.165, 1.54) is 4.88 Å². The van der Waals surface area contributed by atoms with Gasteiger partial charge in [0, 0.05) is 24.5 Å². The number of rotatable bonds is 4. The number of aryl methyl sites for hydroxylation is 2. The number of nitrogens with zero attached hydrogens (tertiary/aromatic N) is 2. The number of halogens is 1. The molecule has 4 nitrogen and oxygen atoms in total. The van der Waals surface area contributed by atoms with E-state index in [1.807, 2.05) is 18.6 Å². The molecule has 0 saturated carbocycles. The number of hydrogen-bond donors (Lipinski definition) is 1. The molecule has 1 atom stereocenters. The molecule has 2 aromatic rings. The number of morpholine rings is 1. The Labute approximate surface area is 121 Å². The highest BCUT2D eigenvalue weighted by Gasteiger charge is 2.19. The Morgan fingerprint density at radius 3 is 3.21 bits per heavy atom. The van der Waals surface area contributed by atoms with Crippen molar-refractivity contribution in [2.45, 2.75) is 19.1 Å². The zero-order valence-corrected chi connectivity index (χ0v) is 12.1. The van der Waals surface area contributed by atoms with Crippen molar-refractivity contribution in [2.75, 3.05) is 19.7 Å². The zero-order chi connectivity index (χ0) is 13.1. The minimum atomic E-state index is 0.114. The third kappa shape index (κ3) is 3.17. The molecule has 1 unspecified atom stereocenters. The molecule has 3 heterocycles. The standard InChI is InChI=1S/C13H16ClN3OS/c14-13-2-1-10(19-13)3-5-17-9-16-7-11(17)12-8-15-4-6-18-12/h1-2,7,9,12,15H,3-6,8H2. The fourth-order valence-corrected chi connectivity index (χ4v) is 3.33. The van der Waals surface area contributed by atoms with Gasteiger partial charge in [-0.05, 0) is 18.6 Å². The summed E-state index contributed by atoms with van der Waals surface area (Å²) in [4.78, 5) is 5.55. The van der Waals surface area contributed by atoms with E-state index >= 15 is 0 Å². The second-order valence-corrected chi connectivity index (χ2v) is 6.33. The van der Waals surface area contributed by atoms with E-state index in [4.69, 9.17) is 16.3 Å². The molecule has 1 fully saturated rings. The molecular formula is C13H16ClN3OS. The van der Waals surface area contributed by atoms with Gasteiger partial charge in [-0.15, -0.1) is 11.3 Å². The molecular weight excluding hydrogens is 282 g/mol. The van der Waals surface area contributed by atoms with E-state index in [-0.39, 0.29) is 6.10 Å². The first kappa shape index (κ1) is 13.1. The summed E-state index contributed by atoms with van der Waals surface area (Å²) < 4.78 is 8.80. The number of thiophene rings is 1. The number of ether oxygens (including phenoxy) is 1. The van der Waals surface area contributed by atoms with Gasteiger partial charge < -0.3 is 14.6 Å². The first-order valence-corrected chi connectivity index (χ1v) is 7.59. The van der Waals surface area contributed by atoms with Crippen LogP contribution in [-0.2, 0) is 17.7 Å². The number of hydrogen-bond acceptors (Lipinski definition) is 4. The molecule has 0 aromatic carbocycles. The van der Waals surface area contributed by atoms with Crippen molar-refractivity contribution in [2.24, 2.45) is 0 Å². The average molecular weight is 298 g/mol. The van der Waals surface area contributed by atoms with Gasteiger partial charge in [0.05, 0.1) is 29.2 Å². The Hall–Kier alpha value is -0.880. The van der Waals surface area contributed by atoms with Crippen LogP contribution in [0.1, 0.15) is 16.7 Å². The van der Waals surface area contributed by atoms with Gasteiger partial charge in [-0.3, -0.25) is 0 Å².